The molecule has 0 unspecified atom stereocenters. The van der Waals surface area contributed by atoms with Crippen molar-refractivity contribution in [2.45, 2.75) is 17.7 Å². The maximum atomic E-state index is 12.8. The van der Waals surface area contributed by atoms with E-state index in [-0.39, 0.29) is 9.77 Å². The van der Waals surface area contributed by atoms with E-state index in [1.807, 2.05) is 12.1 Å². The van der Waals surface area contributed by atoms with Crippen molar-refractivity contribution in [2.75, 3.05) is 33.3 Å². The molecule has 0 amide bonds. The Balaban J connectivity index is 1.64. The van der Waals surface area contributed by atoms with Gasteiger partial charge < -0.3 is 4.74 Å². The smallest absolute Gasteiger partial charge is 0.338 e. The first-order valence-electron chi connectivity index (χ1n) is 8.35. The minimum absolute atomic E-state index is 0.185. The molecule has 0 spiro atoms. The summed E-state index contributed by atoms with van der Waals surface area (Å²) in [5, 5.41) is 1.52. The molecule has 0 N–H and O–H groups in total. The summed E-state index contributed by atoms with van der Waals surface area (Å²) in [7, 11) is -2.29. The molecule has 140 valence electrons. The molecule has 0 radical (unpaired) electrons. The molecule has 2 heterocycles. The number of thiophene rings is 1. The second-order valence-corrected chi connectivity index (χ2v) is 9.33. The van der Waals surface area contributed by atoms with Crippen LogP contribution in [0.15, 0.2) is 39.9 Å². The van der Waals surface area contributed by atoms with Gasteiger partial charge in [0, 0.05) is 38.1 Å². The lowest BCUT2D eigenvalue weighted by Gasteiger charge is -2.33. The van der Waals surface area contributed by atoms with Gasteiger partial charge in [-0.15, -0.1) is 11.3 Å². The highest BCUT2D eigenvalue weighted by Crippen LogP contribution is 2.25. The Labute approximate surface area is 158 Å². The fraction of sp³-hybridized carbons (Fsp3) is 0.389. The average Bonchev–Trinajstić information content (AvgIpc) is 3.14. The summed E-state index contributed by atoms with van der Waals surface area (Å²) < 4.78 is 31.9. The van der Waals surface area contributed by atoms with Crippen molar-refractivity contribution < 1.29 is 17.9 Å². The molecule has 6 nitrogen and oxygen atoms in total. The normalized spacial score (nSPS) is 16.5. The van der Waals surface area contributed by atoms with E-state index >= 15 is 0 Å². The molecule has 1 aromatic heterocycles. The number of carbonyl (C=O) groups is 1. The molecule has 0 atom stereocenters. The van der Waals surface area contributed by atoms with E-state index < -0.39 is 16.0 Å². The number of aryl methyl sites for hydroxylation is 1. The minimum atomic E-state index is -3.57. The number of hydrogen-bond acceptors (Lipinski definition) is 6. The van der Waals surface area contributed by atoms with Crippen molar-refractivity contribution in [1.29, 1.82) is 0 Å². The van der Waals surface area contributed by atoms with Crippen LogP contribution in [0.2, 0.25) is 0 Å². The zero-order chi connectivity index (χ0) is 18.7. The van der Waals surface area contributed by atoms with E-state index in [2.05, 4.69) is 28.7 Å². The number of carbonyl (C=O) groups excluding carboxylic acids is 1. The fourth-order valence-corrected chi connectivity index (χ4v) is 5.68. The Morgan fingerprint density at radius 2 is 1.88 bits per heavy atom. The van der Waals surface area contributed by atoms with Crippen molar-refractivity contribution in [2.24, 2.45) is 0 Å². The van der Waals surface area contributed by atoms with Crippen LogP contribution < -0.4 is 0 Å². The van der Waals surface area contributed by atoms with Gasteiger partial charge in [0.1, 0.15) is 4.21 Å². The second-order valence-electron chi connectivity index (χ2n) is 6.25. The molecular formula is C18H22N2O4S2. The lowest BCUT2D eigenvalue weighted by Crippen LogP contribution is -2.48. The Kier molecular flexibility index (Phi) is 5.76. The third-order valence-electron chi connectivity index (χ3n) is 4.58. The van der Waals surface area contributed by atoms with Crippen LogP contribution >= 0.6 is 11.3 Å². The third-order valence-corrected chi connectivity index (χ3v) is 7.89. The minimum Gasteiger partial charge on any atom is -0.465 e. The average molecular weight is 395 g/mol. The van der Waals surface area contributed by atoms with E-state index in [0.29, 0.717) is 26.2 Å². The highest BCUT2D eigenvalue weighted by molar-refractivity contribution is 7.91. The Hall–Kier alpha value is -1.74. The number of hydrogen-bond donors (Lipinski definition) is 0. The van der Waals surface area contributed by atoms with Gasteiger partial charge in [-0.25, -0.2) is 13.2 Å². The van der Waals surface area contributed by atoms with Crippen LogP contribution in [-0.4, -0.2) is 56.9 Å². The summed E-state index contributed by atoms with van der Waals surface area (Å²) in [6.07, 6.45) is 0. The van der Waals surface area contributed by atoms with Gasteiger partial charge in [-0.05, 0) is 24.1 Å². The highest BCUT2D eigenvalue weighted by atomic mass is 32.2. The number of methoxy groups -OCH3 is 1. The molecule has 3 rings (SSSR count). The number of sulfonamides is 1. The molecule has 8 heteroatoms. The second kappa shape index (κ2) is 7.87. The van der Waals surface area contributed by atoms with Gasteiger partial charge in [0.25, 0.3) is 10.0 Å². The predicted octanol–water partition coefficient (Wildman–Crippen LogP) is 2.35. The van der Waals surface area contributed by atoms with E-state index in [0.717, 1.165) is 17.9 Å². The molecule has 2 aromatic rings. The van der Waals surface area contributed by atoms with Gasteiger partial charge >= 0.3 is 5.97 Å². The summed E-state index contributed by atoms with van der Waals surface area (Å²) in [6.45, 7) is 5.17. The first kappa shape index (κ1) is 19.0. The van der Waals surface area contributed by atoms with Crippen molar-refractivity contribution in [3.8, 4) is 0 Å². The zero-order valence-corrected chi connectivity index (χ0v) is 16.5. The Morgan fingerprint density at radius 1 is 1.19 bits per heavy atom. The van der Waals surface area contributed by atoms with Crippen LogP contribution in [0.5, 0.6) is 0 Å². The van der Waals surface area contributed by atoms with Gasteiger partial charge in [0.05, 0.1) is 12.7 Å². The number of esters is 1. The van der Waals surface area contributed by atoms with E-state index in [9.17, 15) is 13.2 Å². The monoisotopic (exact) mass is 394 g/mol. The molecule has 0 aliphatic carbocycles. The molecule has 1 saturated heterocycles. The first-order chi connectivity index (χ1) is 12.4. The summed E-state index contributed by atoms with van der Waals surface area (Å²) in [6, 6.07) is 9.64. The van der Waals surface area contributed by atoms with E-state index in [1.54, 1.807) is 0 Å². The largest absolute Gasteiger partial charge is 0.465 e. The van der Waals surface area contributed by atoms with Crippen molar-refractivity contribution in [3.63, 3.8) is 0 Å². The number of rotatable bonds is 5. The lowest BCUT2D eigenvalue weighted by atomic mass is 10.1. The van der Waals surface area contributed by atoms with Gasteiger partial charge in [-0.2, -0.15) is 4.31 Å². The van der Waals surface area contributed by atoms with Crippen LogP contribution in [0.25, 0.3) is 0 Å². The highest BCUT2D eigenvalue weighted by Gasteiger charge is 2.30. The number of nitrogens with zero attached hydrogens (tertiary/aromatic N) is 2. The van der Waals surface area contributed by atoms with Crippen LogP contribution in [0.4, 0.5) is 0 Å². The Morgan fingerprint density at radius 3 is 2.54 bits per heavy atom. The van der Waals surface area contributed by atoms with Crippen LogP contribution in [0, 0.1) is 6.92 Å². The van der Waals surface area contributed by atoms with Gasteiger partial charge in [-0.1, -0.05) is 24.3 Å². The molecule has 1 fully saturated rings. The zero-order valence-electron chi connectivity index (χ0n) is 14.8. The fourth-order valence-electron chi connectivity index (χ4n) is 2.96. The molecule has 1 aliphatic rings. The maximum absolute atomic E-state index is 12.8. The van der Waals surface area contributed by atoms with Crippen molar-refractivity contribution in [1.82, 2.24) is 9.21 Å². The third kappa shape index (κ3) is 3.98. The molecule has 0 bridgehead atoms. The van der Waals surface area contributed by atoms with Crippen LogP contribution in [0.3, 0.4) is 0 Å². The topological polar surface area (TPSA) is 66.9 Å². The van der Waals surface area contributed by atoms with Crippen molar-refractivity contribution in [3.05, 3.63) is 52.4 Å². The summed E-state index contributed by atoms with van der Waals surface area (Å²) in [4.78, 5) is 13.8. The number of ether oxygens (including phenoxy) is 1. The predicted molar refractivity (Wildman–Crippen MR) is 101 cm³/mol. The summed E-state index contributed by atoms with van der Waals surface area (Å²) >= 11 is 1.06. The summed E-state index contributed by atoms with van der Waals surface area (Å²) in [5.41, 5.74) is 2.79. The van der Waals surface area contributed by atoms with Gasteiger partial charge in [-0.3, -0.25) is 4.90 Å². The van der Waals surface area contributed by atoms with Gasteiger partial charge in [0.2, 0.25) is 0 Å². The van der Waals surface area contributed by atoms with E-state index in [1.165, 1.54) is 34.0 Å². The molecule has 1 aromatic carbocycles. The first-order valence-corrected chi connectivity index (χ1v) is 10.7. The molecule has 26 heavy (non-hydrogen) atoms. The number of benzene rings is 1. The molecule has 0 saturated carbocycles. The van der Waals surface area contributed by atoms with E-state index in [4.69, 9.17) is 0 Å². The maximum Gasteiger partial charge on any atom is 0.338 e. The molecular weight excluding hydrogens is 372 g/mol. The molecule has 1 aliphatic heterocycles. The summed E-state index contributed by atoms with van der Waals surface area (Å²) in [5.74, 6) is -0.522. The van der Waals surface area contributed by atoms with Crippen LogP contribution in [-0.2, 0) is 21.3 Å². The van der Waals surface area contributed by atoms with Crippen molar-refractivity contribution >= 4 is 27.3 Å². The SMILES string of the molecule is COC(=O)c1csc(S(=O)(=O)N2CCN(Cc3ccccc3C)CC2)c1. The standard InChI is InChI=1S/C18H22N2O4S2/c1-14-5-3-4-6-15(14)12-19-7-9-20(10-8-19)26(22,23)17-11-16(13-25-17)18(21)24-2/h3-6,11,13H,7-10,12H2,1-2H3. The van der Waals surface area contributed by atoms with Gasteiger partial charge in [0.15, 0.2) is 0 Å². The van der Waals surface area contributed by atoms with Crippen LogP contribution in [0.1, 0.15) is 21.5 Å². The number of piperazine rings is 1. The lowest BCUT2D eigenvalue weighted by molar-refractivity contribution is 0.0601. The Bertz CT molecular complexity index is 884. The quantitative estimate of drug-likeness (QED) is 0.729.